The van der Waals surface area contributed by atoms with Gasteiger partial charge in [0.05, 0.1) is 23.0 Å². The summed E-state index contributed by atoms with van der Waals surface area (Å²) >= 11 is 0. The van der Waals surface area contributed by atoms with Crippen molar-refractivity contribution >= 4 is 11.0 Å². The van der Waals surface area contributed by atoms with Crippen LogP contribution in [0.1, 0.15) is 42.3 Å². The number of hydrogen-bond donors (Lipinski definition) is 0. The normalized spacial score (nSPS) is 14.3. The molecule has 0 amide bonds. The molecule has 3 heterocycles. The van der Waals surface area contributed by atoms with Crippen LogP contribution in [0.3, 0.4) is 0 Å². The number of nitrogens with zero attached hydrogens (tertiary/aromatic N) is 3. The van der Waals surface area contributed by atoms with Crippen LogP contribution >= 0.6 is 0 Å². The highest BCUT2D eigenvalue weighted by molar-refractivity contribution is 5.77. The highest BCUT2D eigenvalue weighted by atomic mass is 16.3. The van der Waals surface area contributed by atoms with Gasteiger partial charge in [-0.05, 0) is 23.6 Å². The second-order valence-electron chi connectivity index (χ2n) is 8.71. The molecule has 0 N–H and O–H groups in total. The molecule has 0 spiro atoms. The number of fused-ring (bicyclic) bond motifs is 2. The number of hydrogen-bond acceptors (Lipinski definition) is 4. The van der Waals surface area contributed by atoms with E-state index in [1.807, 2.05) is 36.4 Å². The van der Waals surface area contributed by atoms with Crippen LogP contribution in [-0.4, -0.2) is 21.0 Å². The average Bonchev–Trinajstić information content (AvgIpc) is 3.12. The Bertz CT molecular complexity index is 1300. The zero-order chi connectivity index (χ0) is 21.5. The summed E-state index contributed by atoms with van der Waals surface area (Å²) in [6.45, 7) is 6.50. The van der Waals surface area contributed by atoms with Crippen LogP contribution in [0.4, 0.5) is 0 Å². The average molecular weight is 414 g/mol. The lowest BCUT2D eigenvalue weighted by atomic mass is 10.0. The van der Waals surface area contributed by atoms with Gasteiger partial charge in [-0.15, -0.1) is 0 Å². The number of imidazole rings is 1. The van der Waals surface area contributed by atoms with Crippen molar-refractivity contribution < 1.29 is 4.42 Å². The molecule has 2 aromatic heterocycles. The summed E-state index contributed by atoms with van der Waals surface area (Å²) in [6, 6.07) is 16.2. The van der Waals surface area contributed by atoms with Crippen LogP contribution in [0, 0.1) is 0 Å². The lowest BCUT2D eigenvalue weighted by molar-refractivity contribution is 0.236. The van der Waals surface area contributed by atoms with Gasteiger partial charge < -0.3 is 8.98 Å². The molecule has 5 rings (SSSR count). The lowest BCUT2D eigenvalue weighted by Gasteiger charge is -2.26. The molecule has 0 radical (unpaired) electrons. The topological polar surface area (TPSA) is 51.3 Å². The molecule has 158 valence electrons. The van der Waals surface area contributed by atoms with Crippen LogP contribution in [0.2, 0.25) is 0 Å². The Hall–Kier alpha value is -3.18. The fraction of sp³-hybridized carbons (Fsp3) is 0.308. The molecule has 5 nitrogen and oxygen atoms in total. The summed E-state index contributed by atoms with van der Waals surface area (Å²) in [5.41, 5.74) is 6.09. The Labute approximate surface area is 182 Å². The van der Waals surface area contributed by atoms with Gasteiger partial charge in [-0.3, -0.25) is 9.69 Å². The maximum atomic E-state index is 13.2. The third-order valence-corrected chi connectivity index (χ3v) is 6.30. The maximum absolute atomic E-state index is 13.2. The molecule has 0 fully saturated rings. The fourth-order valence-electron chi connectivity index (χ4n) is 4.42. The zero-order valence-corrected chi connectivity index (χ0v) is 18.3. The van der Waals surface area contributed by atoms with E-state index in [2.05, 4.69) is 42.5 Å². The van der Waals surface area contributed by atoms with Gasteiger partial charge >= 0.3 is 0 Å². The first-order chi connectivity index (χ1) is 15.0. The molecule has 5 heteroatoms. The predicted molar refractivity (Wildman–Crippen MR) is 123 cm³/mol. The first kappa shape index (κ1) is 19.8. The van der Waals surface area contributed by atoms with Gasteiger partial charge in [-0.2, -0.15) is 0 Å². The highest BCUT2D eigenvalue weighted by Crippen LogP contribution is 2.26. The minimum absolute atomic E-state index is 0.0736. The van der Waals surface area contributed by atoms with Crippen molar-refractivity contribution in [2.45, 2.75) is 39.3 Å². The Balaban J connectivity index is 1.43. The molecular weight excluding hydrogens is 386 g/mol. The molecule has 0 saturated heterocycles. The van der Waals surface area contributed by atoms with Gasteiger partial charge in [-0.25, -0.2) is 4.98 Å². The van der Waals surface area contributed by atoms with E-state index < -0.39 is 0 Å². The van der Waals surface area contributed by atoms with Crippen LogP contribution in [0.25, 0.3) is 22.4 Å². The largest absolute Gasteiger partial charge is 0.464 e. The smallest absolute Gasteiger partial charge is 0.197 e. The minimum Gasteiger partial charge on any atom is -0.464 e. The van der Waals surface area contributed by atoms with Crippen molar-refractivity contribution in [2.75, 3.05) is 6.54 Å². The third kappa shape index (κ3) is 3.59. The third-order valence-electron chi connectivity index (χ3n) is 6.30. The van der Waals surface area contributed by atoms with E-state index >= 15 is 0 Å². The van der Waals surface area contributed by atoms with Crippen LogP contribution in [0.5, 0.6) is 0 Å². The quantitative estimate of drug-likeness (QED) is 0.479. The van der Waals surface area contributed by atoms with Crippen LogP contribution in [-0.2, 0) is 26.6 Å². The standard InChI is InChI=1S/C26H27N3O2/c1-17(2)19-9-10-24-21(13-19)25(30)20(16-31-24)14-29-12-11-22-23(15-29)28(3)26(27-22)18-7-5-4-6-8-18/h4-10,13,16-17H,11-12,14-15H2,1-3H3. The number of aromatic nitrogens is 2. The summed E-state index contributed by atoms with van der Waals surface area (Å²) in [5.74, 6) is 1.37. The van der Waals surface area contributed by atoms with Gasteiger partial charge in [0.2, 0.25) is 0 Å². The van der Waals surface area contributed by atoms with Gasteiger partial charge in [0, 0.05) is 44.2 Å². The molecule has 4 aromatic rings. The SMILES string of the molecule is CC(C)c1ccc2occ(CN3CCc4nc(-c5ccccc5)n(C)c4C3)c(=O)c2c1. The summed E-state index contributed by atoms with van der Waals surface area (Å²) in [7, 11) is 2.08. The van der Waals surface area contributed by atoms with E-state index in [1.54, 1.807) is 6.26 Å². The molecule has 0 saturated carbocycles. The van der Waals surface area contributed by atoms with Gasteiger partial charge in [0.25, 0.3) is 0 Å². The molecule has 0 aliphatic carbocycles. The summed E-state index contributed by atoms with van der Waals surface area (Å²) in [6.07, 6.45) is 2.51. The molecule has 1 aliphatic rings. The van der Waals surface area contributed by atoms with Crippen molar-refractivity contribution in [1.29, 1.82) is 0 Å². The number of rotatable bonds is 4. The molecule has 2 aromatic carbocycles. The maximum Gasteiger partial charge on any atom is 0.197 e. The summed E-state index contributed by atoms with van der Waals surface area (Å²) in [4.78, 5) is 20.4. The van der Waals surface area contributed by atoms with E-state index in [4.69, 9.17) is 9.40 Å². The lowest BCUT2D eigenvalue weighted by Crippen LogP contribution is -2.32. The molecule has 31 heavy (non-hydrogen) atoms. The molecule has 1 aliphatic heterocycles. The molecule has 0 unspecified atom stereocenters. The second-order valence-corrected chi connectivity index (χ2v) is 8.71. The van der Waals surface area contributed by atoms with Crippen LogP contribution < -0.4 is 5.43 Å². The zero-order valence-electron chi connectivity index (χ0n) is 18.3. The molecular formula is C26H27N3O2. The summed E-state index contributed by atoms with van der Waals surface area (Å²) in [5, 5.41) is 0.674. The predicted octanol–water partition coefficient (Wildman–Crippen LogP) is 4.88. The monoisotopic (exact) mass is 413 g/mol. The Morgan fingerprint density at radius 2 is 1.94 bits per heavy atom. The van der Waals surface area contributed by atoms with Crippen LogP contribution in [0.15, 0.2) is 64.0 Å². The second kappa shape index (κ2) is 7.82. The Kier molecular flexibility index (Phi) is 4.98. The van der Waals surface area contributed by atoms with Gasteiger partial charge in [0.1, 0.15) is 11.4 Å². The Morgan fingerprint density at radius 3 is 2.71 bits per heavy atom. The van der Waals surface area contributed by atoms with Crippen molar-refractivity contribution in [1.82, 2.24) is 14.5 Å². The van der Waals surface area contributed by atoms with Gasteiger partial charge in [0.15, 0.2) is 5.43 Å². The first-order valence-electron chi connectivity index (χ1n) is 10.9. The van der Waals surface area contributed by atoms with E-state index in [-0.39, 0.29) is 5.43 Å². The van der Waals surface area contributed by atoms with Crippen molar-refractivity contribution in [3.05, 3.63) is 87.5 Å². The van der Waals surface area contributed by atoms with Crippen molar-refractivity contribution in [2.24, 2.45) is 7.05 Å². The van der Waals surface area contributed by atoms with E-state index in [0.717, 1.165) is 42.2 Å². The van der Waals surface area contributed by atoms with E-state index in [1.165, 1.54) is 5.69 Å². The fourth-order valence-corrected chi connectivity index (χ4v) is 4.42. The minimum atomic E-state index is 0.0736. The summed E-state index contributed by atoms with van der Waals surface area (Å²) < 4.78 is 8.00. The highest BCUT2D eigenvalue weighted by Gasteiger charge is 2.24. The molecule has 0 bridgehead atoms. The van der Waals surface area contributed by atoms with Gasteiger partial charge in [-0.1, -0.05) is 50.2 Å². The van der Waals surface area contributed by atoms with E-state index in [9.17, 15) is 4.79 Å². The van der Waals surface area contributed by atoms with Crippen molar-refractivity contribution in [3.8, 4) is 11.4 Å². The van der Waals surface area contributed by atoms with Crippen molar-refractivity contribution in [3.63, 3.8) is 0 Å². The Morgan fingerprint density at radius 1 is 1.13 bits per heavy atom. The van der Waals surface area contributed by atoms with E-state index in [0.29, 0.717) is 29.0 Å². The molecule has 0 atom stereocenters. The first-order valence-corrected chi connectivity index (χ1v) is 10.9. The number of benzene rings is 2.